The molecule has 0 spiro atoms. The van der Waals surface area contributed by atoms with Crippen molar-refractivity contribution < 1.29 is 14.6 Å². The number of ether oxygens (including phenoxy) is 1. The lowest BCUT2D eigenvalue weighted by Crippen LogP contribution is -2.39. The van der Waals surface area contributed by atoms with Gasteiger partial charge in [0.15, 0.2) is 0 Å². The first kappa shape index (κ1) is 18.5. The van der Waals surface area contributed by atoms with Gasteiger partial charge in [-0.15, -0.1) is 6.58 Å². The third-order valence-corrected chi connectivity index (χ3v) is 5.38. The Kier molecular flexibility index (Phi) is 5.70. The van der Waals surface area contributed by atoms with E-state index >= 15 is 0 Å². The van der Waals surface area contributed by atoms with E-state index in [-0.39, 0.29) is 17.7 Å². The Balaban J connectivity index is 2.35. The second-order valence-corrected chi connectivity index (χ2v) is 6.86. The van der Waals surface area contributed by atoms with Gasteiger partial charge < -0.3 is 14.7 Å². The Morgan fingerprint density at radius 2 is 2.21 bits per heavy atom. The molecule has 0 aliphatic heterocycles. The highest BCUT2D eigenvalue weighted by atomic mass is 16.5. The van der Waals surface area contributed by atoms with Crippen molar-refractivity contribution in [3.05, 3.63) is 41.0 Å². The number of aryl methyl sites for hydroxylation is 1. The number of benzene rings is 1. The van der Waals surface area contributed by atoms with Crippen LogP contribution in [0.1, 0.15) is 41.7 Å². The Labute approximate surface area is 145 Å². The zero-order valence-electron chi connectivity index (χ0n) is 15.4. The number of aliphatic hydroxyl groups excluding tert-OH is 1. The predicted octanol–water partition coefficient (Wildman–Crippen LogP) is 3.19. The standard InChI is InChI=1S/C20H29NO3/c1-7-10-21(5)20(23)13(3)16-9-8-15-12(2)11-17(24-6)14(4)18(15)19(16)22/h7,11,13,16,19,22H,1,8-10H2,2-6H3. The van der Waals surface area contributed by atoms with Gasteiger partial charge in [-0.3, -0.25) is 4.79 Å². The lowest BCUT2D eigenvalue weighted by atomic mass is 9.72. The number of carbonyl (C=O) groups excluding carboxylic acids is 1. The number of hydrogen-bond acceptors (Lipinski definition) is 3. The summed E-state index contributed by atoms with van der Waals surface area (Å²) < 4.78 is 5.46. The summed E-state index contributed by atoms with van der Waals surface area (Å²) in [5.74, 6) is 0.542. The monoisotopic (exact) mass is 331 g/mol. The van der Waals surface area contributed by atoms with Crippen LogP contribution < -0.4 is 4.74 Å². The summed E-state index contributed by atoms with van der Waals surface area (Å²) in [4.78, 5) is 14.3. The van der Waals surface area contributed by atoms with E-state index in [1.54, 1.807) is 25.1 Å². The Morgan fingerprint density at radius 3 is 2.79 bits per heavy atom. The second-order valence-electron chi connectivity index (χ2n) is 6.86. The highest BCUT2D eigenvalue weighted by molar-refractivity contribution is 5.79. The van der Waals surface area contributed by atoms with E-state index in [1.807, 2.05) is 19.9 Å². The average molecular weight is 331 g/mol. The first-order valence-electron chi connectivity index (χ1n) is 8.54. The third kappa shape index (κ3) is 3.20. The normalized spacial score (nSPS) is 20.9. The Morgan fingerprint density at radius 1 is 1.54 bits per heavy atom. The molecular weight excluding hydrogens is 302 g/mol. The minimum Gasteiger partial charge on any atom is -0.496 e. The van der Waals surface area contributed by atoms with E-state index in [4.69, 9.17) is 4.74 Å². The third-order valence-electron chi connectivity index (χ3n) is 5.38. The van der Waals surface area contributed by atoms with E-state index in [0.717, 1.165) is 35.3 Å². The molecule has 0 heterocycles. The maximum Gasteiger partial charge on any atom is 0.225 e. The number of aliphatic hydroxyl groups is 1. The van der Waals surface area contributed by atoms with Gasteiger partial charge in [0.25, 0.3) is 0 Å². The summed E-state index contributed by atoms with van der Waals surface area (Å²) >= 11 is 0. The van der Waals surface area contributed by atoms with Gasteiger partial charge >= 0.3 is 0 Å². The first-order chi connectivity index (χ1) is 11.3. The van der Waals surface area contributed by atoms with E-state index in [0.29, 0.717) is 6.54 Å². The zero-order valence-corrected chi connectivity index (χ0v) is 15.4. The summed E-state index contributed by atoms with van der Waals surface area (Å²) in [5.41, 5.74) is 4.28. The zero-order chi connectivity index (χ0) is 18.0. The van der Waals surface area contributed by atoms with Gasteiger partial charge in [-0.2, -0.15) is 0 Å². The van der Waals surface area contributed by atoms with Crippen LogP contribution in [0, 0.1) is 25.7 Å². The molecule has 132 valence electrons. The molecule has 24 heavy (non-hydrogen) atoms. The number of methoxy groups -OCH3 is 1. The van der Waals surface area contributed by atoms with Crippen LogP contribution in [0.5, 0.6) is 5.75 Å². The summed E-state index contributed by atoms with van der Waals surface area (Å²) in [6.07, 6.45) is 2.78. The van der Waals surface area contributed by atoms with Crippen molar-refractivity contribution in [1.29, 1.82) is 0 Å². The van der Waals surface area contributed by atoms with Crippen LogP contribution in [0.25, 0.3) is 0 Å². The summed E-state index contributed by atoms with van der Waals surface area (Å²) in [6, 6.07) is 2.04. The molecule has 2 rings (SSSR count). The molecule has 0 saturated heterocycles. The van der Waals surface area contributed by atoms with Crippen molar-refractivity contribution in [1.82, 2.24) is 4.90 Å². The molecule has 1 aromatic rings. The fourth-order valence-electron chi connectivity index (χ4n) is 3.93. The minimum atomic E-state index is -0.640. The van der Waals surface area contributed by atoms with Gasteiger partial charge in [-0.05, 0) is 55.0 Å². The smallest absolute Gasteiger partial charge is 0.225 e. The van der Waals surface area contributed by atoms with E-state index in [2.05, 4.69) is 13.5 Å². The van der Waals surface area contributed by atoms with Crippen molar-refractivity contribution in [2.24, 2.45) is 11.8 Å². The van der Waals surface area contributed by atoms with Gasteiger partial charge in [-0.1, -0.05) is 13.0 Å². The van der Waals surface area contributed by atoms with Gasteiger partial charge in [0.2, 0.25) is 5.91 Å². The van der Waals surface area contributed by atoms with E-state index < -0.39 is 6.10 Å². The van der Waals surface area contributed by atoms with Crippen LogP contribution in [0.15, 0.2) is 18.7 Å². The molecular formula is C20H29NO3. The highest BCUT2D eigenvalue weighted by Crippen LogP contribution is 2.44. The van der Waals surface area contributed by atoms with Gasteiger partial charge in [0.1, 0.15) is 5.75 Å². The SMILES string of the molecule is C=CCN(C)C(=O)C(C)C1CCc2c(C)cc(OC)c(C)c2C1O. The number of nitrogens with zero attached hydrogens (tertiary/aromatic N) is 1. The lowest BCUT2D eigenvalue weighted by Gasteiger charge is -2.36. The lowest BCUT2D eigenvalue weighted by molar-refractivity contribution is -0.137. The predicted molar refractivity (Wildman–Crippen MR) is 96.2 cm³/mol. The van der Waals surface area contributed by atoms with Crippen LogP contribution >= 0.6 is 0 Å². The quantitative estimate of drug-likeness (QED) is 0.843. The molecule has 0 saturated carbocycles. The van der Waals surface area contributed by atoms with Crippen molar-refractivity contribution >= 4 is 5.91 Å². The molecule has 1 amide bonds. The van der Waals surface area contributed by atoms with Gasteiger partial charge in [-0.25, -0.2) is 0 Å². The summed E-state index contributed by atoms with van der Waals surface area (Å²) in [6.45, 7) is 10.2. The van der Waals surface area contributed by atoms with Crippen LogP contribution in [0.2, 0.25) is 0 Å². The molecule has 0 radical (unpaired) electrons. The number of fused-ring (bicyclic) bond motifs is 1. The second kappa shape index (κ2) is 7.39. The van der Waals surface area contributed by atoms with E-state index in [1.165, 1.54) is 5.56 Å². The molecule has 1 aliphatic rings. The molecule has 0 fully saturated rings. The maximum absolute atomic E-state index is 12.6. The van der Waals surface area contributed by atoms with Gasteiger partial charge in [0.05, 0.1) is 13.2 Å². The van der Waals surface area contributed by atoms with E-state index in [9.17, 15) is 9.90 Å². The molecule has 3 atom stereocenters. The number of carbonyl (C=O) groups is 1. The molecule has 1 aromatic carbocycles. The molecule has 1 aliphatic carbocycles. The van der Waals surface area contributed by atoms with Crippen molar-refractivity contribution in [3.8, 4) is 5.75 Å². The van der Waals surface area contributed by atoms with Gasteiger partial charge in [0, 0.05) is 25.4 Å². The Hall–Kier alpha value is -1.81. The van der Waals surface area contributed by atoms with Crippen LogP contribution in [-0.2, 0) is 11.2 Å². The first-order valence-corrected chi connectivity index (χ1v) is 8.54. The highest BCUT2D eigenvalue weighted by Gasteiger charge is 2.37. The fourth-order valence-corrected chi connectivity index (χ4v) is 3.93. The largest absolute Gasteiger partial charge is 0.496 e. The average Bonchev–Trinajstić information content (AvgIpc) is 2.56. The molecule has 4 heteroatoms. The maximum atomic E-state index is 12.6. The molecule has 0 aromatic heterocycles. The summed E-state index contributed by atoms with van der Waals surface area (Å²) in [5, 5.41) is 11.0. The molecule has 4 nitrogen and oxygen atoms in total. The van der Waals surface area contributed by atoms with Crippen molar-refractivity contribution in [2.45, 2.75) is 39.7 Å². The van der Waals surface area contributed by atoms with Crippen molar-refractivity contribution in [3.63, 3.8) is 0 Å². The number of amides is 1. The number of likely N-dealkylation sites (N-methyl/N-ethyl adjacent to an activating group) is 1. The fraction of sp³-hybridized carbons (Fsp3) is 0.550. The topological polar surface area (TPSA) is 49.8 Å². The summed E-state index contributed by atoms with van der Waals surface area (Å²) in [7, 11) is 3.43. The molecule has 3 unspecified atom stereocenters. The molecule has 0 bridgehead atoms. The van der Waals surface area contributed by atoms with Crippen molar-refractivity contribution in [2.75, 3.05) is 20.7 Å². The minimum absolute atomic E-state index is 0.0553. The van der Waals surface area contributed by atoms with Crippen LogP contribution in [0.3, 0.4) is 0 Å². The number of rotatable bonds is 5. The number of hydrogen-bond donors (Lipinski definition) is 1. The Bertz CT molecular complexity index is 638. The molecule has 1 N–H and O–H groups in total. The van der Waals surface area contributed by atoms with Crippen LogP contribution in [0.4, 0.5) is 0 Å². The van der Waals surface area contributed by atoms with Crippen LogP contribution in [-0.4, -0.2) is 36.6 Å².